The number of carbonyl (C=O) groups excluding carboxylic acids is 2. The minimum Gasteiger partial charge on any atom is -0.284 e. The highest BCUT2D eigenvalue weighted by Crippen LogP contribution is 2.12. The number of likely N-dealkylation sites (N-methyl/N-ethyl adjacent to an activating group) is 1. The Morgan fingerprint density at radius 3 is 2.67 bits per heavy atom. The molecule has 0 spiro atoms. The molecular weight excluding hydrogens is 288 g/mol. The van der Waals surface area contributed by atoms with Gasteiger partial charge in [-0.2, -0.15) is 0 Å². The van der Waals surface area contributed by atoms with Crippen LogP contribution in [0.4, 0.5) is 0 Å². The van der Waals surface area contributed by atoms with Gasteiger partial charge in [0, 0.05) is 13.5 Å². The molecule has 6 nitrogen and oxygen atoms in total. The van der Waals surface area contributed by atoms with Gasteiger partial charge in [-0.3, -0.25) is 14.5 Å². The smallest absolute Gasteiger partial charge is 0.247 e. The summed E-state index contributed by atoms with van der Waals surface area (Å²) in [6.07, 6.45) is 0.395. The van der Waals surface area contributed by atoms with Crippen LogP contribution < -0.4 is 4.72 Å². The number of hydrogen-bond acceptors (Lipinski definition) is 4. The number of alkyl halides is 1. The van der Waals surface area contributed by atoms with Gasteiger partial charge in [-0.1, -0.05) is 15.9 Å². The molecule has 8 heteroatoms. The third kappa shape index (κ3) is 2.99. The summed E-state index contributed by atoms with van der Waals surface area (Å²) < 4.78 is 24.3. The standard InChI is InChI=1S/C7H11BrN2O4S/c1-10-6(11)3-2-5(7(10)12)9-15(13,14)4-8/h5,9H,2-4H2,1H3. The number of amides is 2. The predicted octanol–water partition coefficient (Wildman–Crippen LogP) is -0.594. The molecule has 15 heavy (non-hydrogen) atoms. The van der Waals surface area contributed by atoms with Crippen LogP contribution in [0.3, 0.4) is 0 Å². The molecule has 1 heterocycles. The lowest BCUT2D eigenvalue weighted by atomic mass is 10.1. The quantitative estimate of drug-likeness (QED) is 0.557. The molecular formula is C7H11BrN2O4S. The number of nitrogens with one attached hydrogen (secondary N) is 1. The zero-order valence-electron chi connectivity index (χ0n) is 8.07. The minimum atomic E-state index is -3.49. The van der Waals surface area contributed by atoms with Gasteiger partial charge in [0.15, 0.2) is 0 Å². The summed E-state index contributed by atoms with van der Waals surface area (Å²) >= 11 is 2.80. The Morgan fingerprint density at radius 1 is 1.53 bits per heavy atom. The van der Waals surface area contributed by atoms with E-state index in [1.54, 1.807) is 0 Å². The second-order valence-electron chi connectivity index (χ2n) is 3.22. The lowest BCUT2D eigenvalue weighted by Gasteiger charge is -2.27. The first-order valence-electron chi connectivity index (χ1n) is 4.24. The molecule has 1 atom stereocenters. The Bertz CT molecular complexity index is 380. The molecule has 1 saturated heterocycles. The maximum atomic E-state index is 11.5. The molecule has 0 aromatic rings. The average Bonchev–Trinajstić information content (AvgIpc) is 2.19. The second kappa shape index (κ2) is 4.58. The molecule has 0 bridgehead atoms. The van der Waals surface area contributed by atoms with Crippen LogP contribution in [0.15, 0.2) is 0 Å². The molecule has 1 unspecified atom stereocenters. The molecule has 0 aromatic carbocycles. The fourth-order valence-electron chi connectivity index (χ4n) is 1.27. The van der Waals surface area contributed by atoms with Crippen LogP contribution in [0.25, 0.3) is 0 Å². The summed E-state index contributed by atoms with van der Waals surface area (Å²) in [5, 5.41) is 0. The molecule has 0 saturated carbocycles. The van der Waals surface area contributed by atoms with Crippen LogP contribution >= 0.6 is 15.9 Å². The van der Waals surface area contributed by atoms with Crippen LogP contribution in [0.5, 0.6) is 0 Å². The molecule has 1 rings (SSSR count). The third-order valence-corrected chi connectivity index (χ3v) is 4.85. The highest BCUT2D eigenvalue weighted by Gasteiger charge is 2.33. The van der Waals surface area contributed by atoms with Gasteiger partial charge in [-0.05, 0) is 6.42 Å². The fourth-order valence-corrected chi connectivity index (χ4v) is 2.38. The third-order valence-electron chi connectivity index (χ3n) is 2.12. The van der Waals surface area contributed by atoms with Gasteiger partial charge in [-0.15, -0.1) is 0 Å². The zero-order chi connectivity index (χ0) is 11.6. The maximum absolute atomic E-state index is 11.5. The minimum absolute atomic E-state index is 0.178. The van der Waals surface area contributed by atoms with Crippen molar-refractivity contribution in [2.45, 2.75) is 18.9 Å². The summed E-state index contributed by atoms with van der Waals surface area (Å²) in [5.74, 6) is -0.787. The van der Waals surface area contributed by atoms with Gasteiger partial charge in [0.05, 0.1) is 0 Å². The van der Waals surface area contributed by atoms with Gasteiger partial charge >= 0.3 is 0 Å². The van der Waals surface area contributed by atoms with E-state index in [9.17, 15) is 18.0 Å². The average molecular weight is 299 g/mol. The molecule has 1 aliphatic rings. The Balaban J connectivity index is 2.73. The van der Waals surface area contributed by atoms with Crippen molar-refractivity contribution in [1.29, 1.82) is 0 Å². The Hall–Kier alpha value is -0.470. The van der Waals surface area contributed by atoms with Gasteiger partial charge < -0.3 is 0 Å². The summed E-state index contributed by atoms with van der Waals surface area (Å²) in [5.41, 5.74) is 0. The van der Waals surface area contributed by atoms with E-state index in [-0.39, 0.29) is 23.4 Å². The monoisotopic (exact) mass is 298 g/mol. The van der Waals surface area contributed by atoms with Crippen molar-refractivity contribution in [3.63, 3.8) is 0 Å². The zero-order valence-corrected chi connectivity index (χ0v) is 10.5. The van der Waals surface area contributed by atoms with E-state index in [2.05, 4.69) is 20.7 Å². The lowest BCUT2D eigenvalue weighted by Crippen LogP contribution is -2.52. The number of piperidine rings is 1. The van der Waals surface area contributed by atoms with Crippen molar-refractivity contribution in [3.8, 4) is 0 Å². The SMILES string of the molecule is CN1C(=O)CCC(NS(=O)(=O)CBr)C1=O. The number of halogens is 1. The largest absolute Gasteiger partial charge is 0.284 e. The molecule has 0 aromatic heterocycles. The maximum Gasteiger partial charge on any atom is 0.247 e. The number of rotatable bonds is 3. The van der Waals surface area contributed by atoms with Gasteiger partial charge in [0.2, 0.25) is 21.8 Å². The Kier molecular flexibility index (Phi) is 3.85. The van der Waals surface area contributed by atoms with E-state index in [0.29, 0.717) is 0 Å². The van der Waals surface area contributed by atoms with Gasteiger partial charge in [-0.25, -0.2) is 13.1 Å². The highest BCUT2D eigenvalue weighted by molar-refractivity contribution is 9.10. The molecule has 0 aliphatic carbocycles. The van der Waals surface area contributed by atoms with Crippen LogP contribution in [0.2, 0.25) is 0 Å². The number of likely N-dealkylation sites (tertiary alicyclic amines) is 1. The molecule has 1 fully saturated rings. The van der Waals surface area contributed by atoms with E-state index in [0.717, 1.165) is 4.90 Å². The normalized spacial score (nSPS) is 23.3. The van der Waals surface area contributed by atoms with E-state index in [1.165, 1.54) is 7.05 Å². The predicted molar refractivity (Wildman–Crippen MR) is 56.6 cm³/mol. The van der Waals surface area contributed by atoms with Crippen molar-refractivity contribution >= 4 is 37.8 Å². The van der Waals surface area contributed by atoms with Crippen molar-refractivity contribution in [2.24, 2.45) is 0 Å². The van der Waals surface area contributed by atoms with E-state index in [4.69, 9.17) is 0 Å². The summed E-state index contributed by atoms with van der Waals surface area (Å²) in [6, 6.07) is -0.824. The Morgan fingerprint density at radius 2 is 2.13 bits per heavy atom. The van der Waals surface area contributed by atoms with E-state index >= 15 is 0 Å². The second-order valence-corrected chi connectivity index (χ2v) is 6.28. The molecule has 86 valence electrons. The first kappa shape index (κ1) is 12.6. The highest BCUT2D eigenvalue weighted by atomic mass is 79.9. The topological polar surface area (TPSA) is 83.6 Å². The van der Waals surface area contributed by atoms with Crippen LogP contribution in [0, 0.1) is 0 Å². The van der Waals surface area contributed by atoms with Gasteiger partial charge in [0.25, 0.3) is 0 Å². The number of imide groups is 1. The fraction of sp³-hybridized carbons (Fsp3) is 0.714. The van der Waals surface area contributed by atoms with Crippen molar-refractivity contribution in [2.75, 3.05) is 11.7 Å². The molecule has 0 radical (unpaired) electrons. The van der Waals surface area contributed by atoms with E-state index in [1.807, 2.05) is 0 Å². The molecule has 2 amide bonds. The molecule has 1 aliphatic heterocycles. The Labute approximate surface area is 96.2 Å². The number of sulfonamides is 1. The summed E-state index contributed by atoms with van der Waals surface area (Å²) in [4.78, 5) is 23.5. The molecule has 1 N–H and O–H groups in total. The first-order chi connectivity index (χ1) is 6.87. The summed E-state index contributed by atoms with van der Waals surface area (Å²) in [7, 11) is -2.14. The van der Waals surface area contributed by atoms with Crippen LogP contribution in [-0.2, 0) is 19.6 Å². The lowest BCUT2D eigenvalue weighted by molar-refractivity contribution is -0.147. The van der Waals surface area contributed by atoms with Crippen molar-refractivity contribution in [1.82, 2.24) is 9.62 Å². The first-order valence-corrected chi connectivity index (χ1v) is 7.01. The van der Waals surface area contributed by atoms with Crippen molar-refractivity contribution in [3.05, 3.63) is 0 Å². The number of hydrogen-bond donors (Lipinski definition) is 1. The number of nitrogens with zero attached hydrogens (tertiary/aromatic N) is 1. The van der Waals surface area contributed by atoms with E-state index < -0.39 is 22.0 Å². The summed E-state index contributed by atoms with van der Waals surface area (Å²) in [6.45, 7) is 0. The number of carbonyl (C=O) groups is 2. The van der Waals surface area contributed by atoms with Crippen LogP contribution in [0.1, 0.15) is 12.8 Å². The van der Waals surface area contributed by atoms with Gasteiger partial charge in [0.1, 0.15) is 10.7 Å². The van der Waals surface area contributed by atoms with Crippen molar-refractivity contribution < 1.29 is 18.0 Å². The van der Waals surface area contributed by atoms with Crippen LogP contribution in [-0.4, -0.2) is 42.9 Å².